The molecule has 4 heterocycles. The van der Waals surface area contributed by atoms with E-state index < -0.39 is 0 Å². The second kappa shape index (κ2) is 5.03. The van der Waals surface area contributed by atoms with Gasteiger partial charge in [-0.15, -0.1) is 0 Å². The summed E-state index contributed by atoms with van der Waals surface area (Å²) in [5.41, 5.74) is 5.66. The maximum absolute atomic E-state index is 6.24. The Morgan fingerprint density at radius 1 is 1.24 bits per heavy atom. The smallest absolute Gasteiger partial charge is 0.278 e. The van der Waals surface area contributed by atoms with Gasteiger partial charge in [-0.2, -0.15) is 10.1 Å². The molecule has 0 fully saturated rings. The van der Waals surface area contributed by atoms with Crippen LogP contribution in [0.25, 0.3) is 28.5 Å². The zero-order chi connectivity index (χ0) is 17.1. The van der Waals surface area contributed by atoms with E-state index >= 15 is 0 Å². The van der Waals surface area contributed by atoms with E-state index in [0.29, 0.717) is 28.9 Å². The molecule has 0 aliphatic carbocycles. The zero-order valence-corrected chi connectivity index (χ0v) is 14.3. The molecule has 0 saturated carbocycles. The lowest BCUT2D eigenvalue weighted by Gasteiger charge is -2.09. The lowest BCUT2D eigenvalue weighted by molar-refractivity contribution is 0.424. The van der Waals surface area contributed by atoms with Gasteiger partial charge >= 0.3 is 0 Å². The molecule has 0 unspecified atom stereocenters. The van der Waals surface area contributed by atoms with Crippen LogP contribution < -0.4 is 0 Å². The van der Waals surface area contributed by atoms with E-state index in [1.165, 1.54) is 0 Å². The molecule has 4 aromatic rings. The van der Waals surface area contributed by atoms with Crippen LogP contribution in [0, 0.1) is 6.92 Å². The predicted molar refractivity (Wildman–Crippen MR) is 91.6 cm³/mol. The average molecular weight is 353 g/mol. The van der Waals surface area contributed by atoms with Crippen molar-refractivity contribution in [2.24, 2.45) is 7.05 Å². The first-order chi connectivity index (χ1) is 12.1. The van der Waals surface area contributed by atoms with Crippen molar-refractivity contribution < 1.29 is 4.52 Å². The molecule has 0 atom stereocenters. The second-order valence-electron chi connectivity index (χ2n) is 6.07. The van der Waals surface area contributed by atoms with Gasteiger partial charge in [0.15, 0.2) is 11.5 Å². The number of nitrogens with zero attached hydrogens (tertiary/aromatic N) is 6. The zero-order valence-electron chi connectivity index (χ0n) is 13.6. The first-order valence-electron chi connectivity index (χ1n) is 7.80. The SMILES string of the molecule is Cc1noc(-c2ncn3c2Cc2cn(C)nc2-c2cc(Cl)ccc2-3)n1. The summed E-state index contributed by atoms with van der Waals surface area (Å²) in [4.78, 5) is 8.86. The molecular weight excluding hydrogens is 340 g/mol. The summed E-state index contributed by atoms with van der Waals surface area (Å²) >= 11 is 6.24. The molecule has 1 aliphatic rings. The standard InChI is InChI=1S/C17H13ClN6O/c1-9-20-17(25-22-9)16-14-5-10-7-23(2)21-15(10)12-6-11(18)3-4-13(12)24(14)8-19-16/h3-4,6-8H,5H2,1-2H3. The number of imidazole rings is 1. The van der Waals surface area contributed by atoms with Gasteiger partial charge in [-0.25, -0.2) is 4.98 Å². The van der Waals surface area contributed by atoms with Crippen molar-refractivity contribution >= 4 is 11.6 Å². The lowest BCUT2D eigenvalue weighted by atomic mass is 10.0. The Morgan fingerprint density at radius 3 is 2.92 bits per heavy atom. The van der Waals surface area contributed by atoms with Crippen LogP contribution in [-0.2, 0) is 13.5 Å². The summed E-state index contributed by atoms with van der Waals surface area (Å²) in [5.74, 6) is 1.01. The number of benzene rings is 1. The topological polar surface area (TPSA) is 74.6 Å². The average Bonchev–Trinajstić information content (AvgIpc) is 3.25. The van der Waals surface area contributed by atoms with Gasteiger partial charge in [0.1, 0.15) is 6.33 Å². The first kappa shape index (κ1) is 14.4. The molecule has 124 valence electrons. The highest BCUT2D eigenvalue weighted by Gasteiger charge is 2.27. The normalized spacial score (nSPS) is 12.4. The maximum atomic E-state index is 6.24. The number of rotatable bonds is 1. The highest BCUT2D eigenvalue weighted by Crippen LogP contribution is 2.38. The van der Waals surface area contributed by atoms with E-state index in [9.17, 15) is 0 Å². The fourth-order valence-corrected chi connectivity index (χ4v) is 3.48. The van der Waals surface area contributed by atoms with Crippen molar-refractivity contribution in [2.75, 3.05) is 0 Å². The molecule has 0 N–H and O–H groups in total. The number of halogens is 1. The van der Waals surface area contributed by atoms with Gasteiger partial charge in [-0.1, -0.05) is 16.8 Å². The lowest BCUT2D eigenvalue weighted by Crippen LogP contribution is -2.00. The summed E-state index contributed by atoms with van der Waals surface area (Å²) in [7, 11) is 1.92. The molecular formula is C17H13ClN6O. The van der Waals surface area contributed by atoms with E-state index in [1.54, 1.807) is 13.3 Å². The van der Waals surface area contributed by atoms with Gasteiger partial charge in [-0.05, 0) is 25.1 Å². The van der Waals surface area contributed by atoms with Crippen LogP contribution in [0.1, 0.15) is 17.1 Å². The maximum Gasteiger partial charge on any atom is 0.278 e. The highest BCUT2D eigenvalue weighted by atomic mass is 35.5. The number of aryl methyl sites for hydroxylation is 2. The molecule has 0 amide bonds. The van der Waals surface area contributed by atoms with E-state index in [1.807, 2.05) is 40.7 Å². The Kier molecular flexibility index (Phi) is 2.90. The van der Waals surface area contributed by atoms with Crippen LogP contribution in [0.3, 0.4) is 0 Å². The summed E-state index contributed by atoms with van der Waals surface area (Å²) in [6, 6.07) is 5.79. The van der Waals surface area contributed by atoms with E-state index in [2.05, 4.69) is 20.2 Å². The molecule has 8 heteroatoms. The van der Waals surface area contributed by atoms with Gasteiger partial charge in [-0.3, -0.25) is 4.68 Å². The molecule has 7 nitrogen and oxygen atoms in total. The molecule has 25 heavy (non-hydrogen) atoms. The fraction of sp³-hybridized carbons (Fsp3) is 0.176. The Bertz CT molecular complexity index is 1120. The van der Waals surface area contributed by atoms with Gasteiger partial charge in [0.05, 0.1) is 17.1 Å². The fourth-order valence-electron chi connectivity index (χ4n) is 3.30. The van der Waals surface area contributed by atoms with Gasteiger partial charge in [0.25, 0.3) is 5.89 Å². The first-order valence-corrected chi connectivity index (χ1v) is 8.17. The molecule has 5 rings (SSSR count). The van der Waals surface area contributed by atoms with Crippen LogP contribution >= 0.6 is 11.6 Å². The van der Waals surface area contributed by atoms with Gasteiger partial charge < -0.3 is 9.09 Å². The summed E-state index contributed by atoms with van der Waals surface area (Å²) < 4.78 is 9.20. The van der Waals surface area contributed by atoms with Crippen LogP contribution in [0.15, 0.2) is 35.2 Å². The highest BCUT2D eigenvalue weighted by molar-refractivity contribution is 6.31. The summed E-state index contributed by atoms with van der Waals surface area (Å²) in [6.07, 6.45) is 4.46. The molecule has 0 bridgehead atoms. The van der Waals surface area contributed by atoms with Crippen molar-refractivity contribution in [1.82, 2.24) is 29.5 Å². The van der Waals surface area contributed by atoms with Crippen LogP contribution in [-0.4, -0.2) is 29.5 Å². The van der Waals surface area contributed by atoms with Crippen molar-refractivity contribution in [1.29, 1.82) is 0 Å². The van der Waals surface area contributed by atoms with Crippen LogP contribution in [0.4, 0.5) is 0 Å². The molecule has 1 aromatic carbocycles. The van der Waals surface area contributed by atoms with E-state index in [-0.39, 0.29) is 0 Å². The summed E-state index contributed by atoms with van der Waals surface area (Å²) in [5, 5.41) is 9.19. The predicted octanol–water partition coefficient (Wildman–Crippen LogP) is 3.19. The molecule has 0 radical (unpaired) electrons. The largest absolute Gasteiger partial charge is 0.332 e. The van der Waals surface area contributed by atoms with E-state index in [4.69, 9.17) is 16.1 Å². The third-order valence-corrected chi connectivity index (χ3v) is 4.57. The third-order valence-electron chi connectivity index (χ3n) is 4.33. The number of fused-ring (bicyclic) bond motifs is 5. The molecule has 0 spiro atoms. The molecule has 3 aromatic heterocycles. The molecule has 0 saturated heterocycles. The quantitative estimate of drug-likeness (QED) is 0.463. The van der Waals surface area contributed by atoms with Crippen molar-refractivity contribution in [3.8, 4) is 28.5 Å². The second-order valence-corrected chi connectivity index (χ2v) is 6.51. The number of aromatic nitrogens is 6. The minimum atomic E-state index is 0.425. The Labute approximate surface area is 147 Å². The van der Waals surface area contributed by atoms with Crippen LogP contribution in [0.2, 0.25) is 5.02 Å². The number of hydrogen-bond donors (Lipinski definition) is 0. The minimum Gasteiger partial charge on any atom is -0.332 e. The molecule has 1 aliphatic heterocycles. The Hall–Kier alpha value is -2.93. The van der Waals surface area contributed by atoms with Gasteiger partial charge in [0.2, 0.25) is 0 Å². The number of hydrogen-bond acceptors (Lipinski definition) is 5. The summed E-state index contributed by atoms with van der Waals surface area (Å²) in [6.45, 7) is 1.79. The van der Waals surface area contributed by atoms with Crippen molar-refractivity contribution in [3.63, 3.8) is 0 Å². The van der Waals surface area contributed by atoms with Crippen molar-refractivity contribution in [3.05, 3.63) is 52.8 Å². The Balaban J connectivity index is 1.82. The minimum absolute atomic E-state index is 0.425. The Morgan fingerprint density at radius 2 is 2.12 bits per heavy atom. The van der Waals surface area contributed by atoms with Crippen molar-refractivity contribution in [2.45, 2.75) is 13.3 Å². The monoisotopic (exact) mass is 352 g/mol. The third kappa shape index (κ3) is 2.12. The van der Waals surface area contributed by atoms with Gasteiger partial charge in [0, 0.05) is 35.8 Å². The van der Waals surface area contributed by atoms with E-state index in [0.717, 1.165) is 28.2 Å². The van der Waals surface area contributed by atoms with Crippen LogP contribution in [0.5, 0.6) is 0 Å².